The van der Waals surface area contributed by atoms with Gasteiger partial charge >= 0.3 is 0 Å². The second-order valence-corrected chi connectivity index (χ2v) is 7.63. The third kappa shape index (κ3) is 2.49. The number of thiophene rings is 1. The fourth-order valence-corrected chi connectivity index (χ4v) is 4.88. The van der Waals surface area contributed by atoms with E-state index in [2.05, 4.69) is 11.2 Å². The molecule has 0 atom stereocenters. The molecule has 0 saturated carbocycles. The maximum Gasteiger partial charge on any atom is 0.263 e. The van der Waals surface area contributed by atoms with E-state index in [1.54, 1.807) is 27.7 Å². The molecule has 1 aliphatic rings. The molecule has 0 radical (unpaired) electrons. The summed E-state index contributed by atoms with van der Waals surface area (Å²) in [6, 6.07) is 0. The van der Waals surface area contributed by atoms with Crippen LogP contribution in [0.2, 0.25) is 0 Å². The maximum absolute atomic E-state index is 12.8. The molecular formula is C14H18N2OS3. The van der Waals surface area contributed by atoms with Crippen LogP contribution in [0.4, 0.5) is 0 Å². The van der Waals surface area contributed by atoms with Crippen molar-refractivity contribution >= 4 is 45.5 Å². The number of hydrogen-bond acceptors (Lipinski definition) is 4. The summed E-state index contributed by atoms with van der Waals surface area (Å²) in [4.78, 5) is 18.4. The Bertz CT molecular complexity index is 741. The van der Waals surface area contributed by atoms with Crippen LogP contribution in [0.1, 0.15) is 29.7 Å². The minimum Gasteiger partial charge on any atom is -0.323 e. The van der Waals surface area contributed by atoms with Gasteiger partial charge in [0.05, 0.1) is 5.39 Å². The van der Waals surface area contributed by atoms with Gasteiger partial charge in [-0.15, -0.1) is 11.3 Å². The van der Waals surface area contributed by atoms with Gasteiger partial charge in [-0.2, -0.15) is 11.8 Å². The molecule has 0 unspecified atom stereocenters. The van der Waals surface area contributed by atoms with Crippen molar-refractivity contribution in [2.24, 2.45) is 0 Å². The second-order valence-electron chi connectivity index (χ2n) is 5.15. The van der Waals surface area contributed by atoms with Crippen molar-refractivity contribution in [3.05, 3.63) is 25.6 Å². The fourth-order valence-electron chi connectivity index (χ4n) is 2.84. The van der Waals surface area contributed by atoms with Gasteiger partial charge < -0.3 is 4.98 Å². The lowest BCUT2D eigenvalue weighted by atomic mass is 9.97. The van der Waals surface area contributed by atoms with Gasteiger partial charge in [0.25, 0.3) is 5.56 Å². The quantitative estimate of drug-likeness (QED) is 0.687. The van der Waals surface area contributed by atoms with Crippen LogP contribution in [0.15, 0.2) is 4.79 Å². The molecule has 108 valence electrons. The van der Waals surface area contributed by atoms with Crippen molar-refractivity contribution in [1.29, 1.82) is 0 Å². The molecule has 1 aliphatic carbocycles. The first kappa shape index (κ1) is 14.4. The number of rotatable bonds is 4. The third-order valence-corrected chi connectivity index (χ3v) is 6.05. The van der Waals surface area contributed by atoms with E-state index in [0.717, 1.165) is 41.8 Å². The number of thioether (sulfide) groups is 1. The van der Waals surface area contributed by atoms with E-state index < -0.39 is 0 Å². The first-order valence-corrected chi connectivity index (χ1v) is 9.60. The zero-order valence-corrected chi connectivity index (χ0v) is 14.0. The Kier molecular flexibility index (Phi) is 4.33. The number of fused-ring (bicyclic) bond motifs is 3. The number of aryl methyl sites for hydroxylation is 2. The largest absolute Gasteiger partial charge is 0.323 e. The van der Waals surface area contributed by atoms with Gasteiger partial charge in [0, 0.05) is 11.4 Å². The highest BCUT2D eigenvalue weighted by atomic mass is 32.2. The molecule has 0 aliphatic heterocycles. The van der Waals surface area contributed by atoms with Crippen LogP contribution < -0.4 is 5.56 Å². The summed E-state index contributed by atoms with van der Waals surface area (Å²) in [5, 5.41) is 0.905. The molecule has 6 heteroatoms. The molecule has 0 amide bonds. The van der Waals surface area contributed by atoms with Crippen LogP contribution >= 0.6 is 35.3 Å². The Morgan fingerprint density at radius 1 is 1.40 bits per heavy atom. The van der Waals surface area contributed by atoms with E-state index in [-0.39, 0.29) is 5.56 Å². The molecule has 0 saturated heterocycles. The van der Waals surface area contributed by atoms with E-state index in [9.17, 15) is 4.79 Å². The van der Waals surface area contributed by atoms with Gasteiger partial charge in [-0.25, -0.2) is 0 Å². The summed E-state index contributed by atoms with van der Waals surface area (Å²) in [5.74, 6) is 1.06. The lowest BCUT2D eigenvalue weighted by Crippen LogP contribution is -2.23. The normalized spacial score (nSPS) is 14.7. The predicted octanol–water partition coefficient (Wildman–Crippen LogP) is 3.75. The van der Waals surface area contributed by atoms with Crippen LogP contribution in [0.5, 0.6) is 0 Å². The number of nitrogens with zero attached hydrogens (tertiary/aromatic N) is 1. The Morgan fingerprint density at radius 2 is 2.20 bits per heavy atom. The lowest BCUT2D eigenvalue weighted by Gasteiger charge is -2.10. The minimum atomic E-state index is 0.115. The number of nitrogens with one attached hydrogen (secondary N) is 1. The number of hydrogen-bond donors (Lipinski definition) is 1. The summed E-state index contributed by atoms with van der Waals surface area (Å²) in [5.41, 5.74) is 1.40. The van der Waals surface area contributed by atoms with Crippen molar-refractivity contribution < 1.29 is 0 Å². The first-order valence-electron chi connectivity index (χ1n) is 6.98. The van der Waals surface area contributed by atoms with Crippen molar-refractivity contribution in [3.63, 3.8) is 0 Å². The smallest absolute Gasteiger partial charge is 0.263 e. The van der Waals surface area contributed by atoms with Crippen LogP contribution in [0.3, 0.4) is 0 Å². The molecule has 3 nitrogen and oxygen atoms in total. The Labute approximate surface area is 131 Å². The summed E-state index contributed by atoms with van der Waals surface area (Å²) in [7, 11) is 0. The molecular weight excluding hydrogens is 308 g/mol. The Morgan fingerprint density at radius 3 is 3.00 bits per heavy atom. The Balaban J connectivity index is 2.13. The number of aromatic nitrogens is 2. The topological polar surface area (TPSA) is 37.8 Å². The molecule has 0 fully saturated rings. The monoisotopic (exact) mass is 326 g/mol. The average molecular weight is 327 g/mol. The molecule has 0 spiro atoms. The van der Waals surface area contributed by atoms with Crippen LogP contribution in [0.25, 0.3) is 10.2 Å². The average Bonchev–Trinajstić information content (AvgIpc) is 2.80. The number of H-pyrrole nitrogens is 1. The van der Waals surface area contributed by atoms with Crippen molar-refractivity contribution in [3.8, 4) is 0 Å². The molecule has 2 aromatic rings. The molecule has 1 N–H and O–H groups in total. The molecule has 2 aromatic heterocycles. The zero-order valence-electron chi connectivity index (χ0n) is 11.5. The summed E-state index contributed by atoms with van der Waals surface area (Å²) < 4.78 is 2.32. The van der Waals surface area contributed by atoms with Gasteiger partial charge in [0.1, 0.15) is 4.83 Å². The molecule has 0 aromatic carbocycles. The molecule has 0 bridgehead atoms. The van der Waals surface area contributed by atoms with E-state index in [4.69, 9.17) is 12.2 Å². The van der Waals surface area contributed by atoms with E-state index in [0.29, 0.717) is 4.77 Å². The fraction of sp³-hybridized carbons (Fsp3) is 0.571. The summed E-state index contributed by atoms with van der Waals surface area (Å²) in [6.07, 6.45) is 7.66. The summed E-state index contributed by atoms with van der Waals surface area (Å²) in [6.45, 7) is 0.718. The molecule has 2 heterocycles. The van der Waals surface area contributed by atoms with Crippen LogP contribution in [-0.2, 0) is 19.4 Å². The van der Waals surface area contributed by atoms with Gasteiger partial charge in [0.2, 0.25) is 0 Å². The van der Waals surface area contributed by atoms with Crippen LogP contribution in [-0.4, -0.2) is 21.6 Å². The van der Waals surface area contributed by atoms with Gasteiger partial charge in [0.15, 0.2) is 4.77 Å². The van der Waals surface area contributed by atoms with Crippen molar-refractivity contribution in [2.75, 3.05) is 12.0 Å². The Hall–Kier alpha value is -0.590. The standard InChI is InChI=1S/C14H18N2OS3/c1-19-8-4-7-16-13(17)11-9-5-2-3-6-10(9)20-12(11)15-14(16)18/h2-8H2,1H3,(H,15,18). The highest BCUT2D eigenvalue weighted by Gasteiger charge is 2.19. The predicted molar refractivity (Wildman–Crippen MR) is 90.9 cm³/mol. The maximum atomic E-state index is 12.8. The van der Waals surface area contributed by atoms with Crippen LogP contribution in [0, 0.1) is 4.77 Å². The van der Waals surface area contributed by atoms with Gasteiger partial charge in [-0.3, -0.25) is 9.36 Å². The van der Waals surface area contributed by atoms with E-state index in [1.807, 2.05) is 0 Å². The SMILES string of the molecule is CSCCCn1c(=S)[nH]c2sc3c(c2c1=O)CCCC3. The highest BCUT2D eigenvalue weighted by molar-refractivity contribution is 7.98. The third-order valence-electron chi connectivity index (χ3n) is 3.83. The lowest BCUT2D eigenvalue weighted by molar-refractivity contribution is 0.641. The second kappa shape index (κ2) is 6.03. The van der Waals surface area contributed by atoms with E-state index >= 15 is 0 Å². The van der Waals surface area contributed by atoms with Gasteiger partial charge in [-0.05, 0) is 61.9 Å². The minimum absolute atomic E-state index is 0.115. The zero-order chi connectivity index (χ0) is 14.1. The number of aromatic amines is 1. The van der Waals surface area contributed by atoms with Crippen molar-refractivity contribution in [2.45, 2.75) is 38.6 Å². The van der Waals surface area contributed by atoms with Crippen molar-refractivity contribution in [1.82, 2.24) is 9.55 Å². The summed E-state index contributed by atoms with van der Waals surface area (Å²) >= 11 is 8.89. The highest BCUT2D eigenvalue weighted by Crippen LogP contribution is 2.33. The van der Waals surface area contributed by atoms with E-state index in [1.165, 1.54) is 23.3 Å². The first-order chi connectivity index (χ1) is 9.72. The molecule has 3 rings (SSSR count). The molecule has 20 heavy (non-hydrogen) atoms. The van der Waals surface area contributed by atoms with Gasteiger partial charge in [-0.1, -0.05) is 0 Å².